The number of hydrogen-bond acceptors (Lipinski definition) is 11. The summed E-state index contributed by atoms with van der Waals surface area (Å²) in [6.07, 6.45) is -1.41. The molecule has 0 aliphatic carbocycles. The van der Waals surface area contributed by atoms with Crippen LogP contribution in [0.2, 0.25) is 0 Å². The first-order valence-electron chi connectivity index (χ1n) is 10.9. The van der Waals surface area contributed by atoms with Crippen LogP contribution in [0.25, 0.3) is 0 Å². The van der Waals surface area contributed by atoms with E-state index < -0.39 is 33.4 Å². The van der Waals surface area contributed by atoms with Crippen molar-refractivity contribution in [1.29, 1.82) is 0 Å². The minimum absolute atomic E-state index is 0.0543. The van der Waals surface area contributed by atoms with E-state index in [1.165, 1.54) is 7.11 Å². The lowest BCUT2D eigenvalue weighted by atomic mass is 9.95. The molecule has 0 fully saturated rings. The fourth-order valence-electron chi connectivity index (χ4n) is 3.87. The largest absolute Gasteiger partial charge is 0.497 e. The fraction of sp³-hybridized carbons (Fsp3) is 0.478. The summed E-state index contributed by atoms with van der Waals surface area (Å²) in [4.78, 5) is 9.94. The Kier molecular flexibility index (Phi) is 9.59. The van der Waals surface area contributed by atoms with E-state index in [1.807, 2.05) is 6.07 Å². The number of fused-ring (bicyclic) bond motifs is 1. The summed E-state index contributed by atoms with van der Waals surface area (Å²) in [5.41, 5.74) is 1.26. The average Bonchev–Trinajstić information content (AvgIpc) is 3.03. The van der Waals surface area contributed by atoms with Crippen molar-refractivity contribution in [1.82, 2.24) is 0 Å². The summed E-state index contributed by atoms with van der Waals surface area (Å²) in [6, 6.07) is 7.98. The van der Waals surface area contributed by atoms with Gasteiger partial charge in [-0.15, -0.1) is 0 Å². The molecule has 0 bridgehead atoms. The van der Waals surface area contributed by atoms with Crippen LogP contribution >= 0.6 is 0 Å². The number of methoxy groups -OCH3 is 4. The van der Waals surface area contributed by atoms with Crippen molar-refractivity contribution in [2.75, 3.05) is 54.9 Å². The molecule has 2 aromatic rings. The van der Waals surface area contributed by atoms with E-state index in [2.05, 4.69) is 0 Å². The number of rotatable bonds is 12. The van der Waals surface area contributed by atoms with Crippen LogP contribution < -0.4 is 9.47 Å². The highest BCUT2D eigenvalue weighted by Gasteiger charge is 2.35. The average molecular weight is 528 g/mol. The zero-order chi connectivity index (χ0) is 26.3. The van der Waals surface area contributed by atoms with Gasteiger partial charge in [-0.3, -0.25) is 14.3 Å². The Morgan fingerprint density at radius 1 is 1.03 bits per heavy atom. The molecule has 13 heteroatoms. The van der Waals surface area contributed by atoms with Gasteiger partial charge in [0.1, 0.15) is 29.8 Å². The summed E-state index contributed by atoms with van der Waals surface area (Å²) >= 11 is 0. The highest BCUT2D eigenvalue weighted by molar-refractivity contribution is 7.86. The maximum atomic E-state index is 12.3. The molecule has 0 N–H and O–H groups in total. The predicted molar refractivity (Wildman–Crippen MR) is 126 cm³/mol. The third-order valence-corrected chi connectivity index (χ3v) is 6.99. The Balaban J connectivity index is 1.68. The number of nitrogens with zero attached hydrogens (tertiary/aromatic N) is 1. The van der Waals surface area contributed by atoms with Gasteiger partial charge in [-0.25, -0.2) is 0 Å². The Hall–Kier alpha value is -2.81. The van der Waals surface area contributed by atoms with E-state index in [0.29, 0.717) is 17.1 Å². The van der Waals surface area contributed by atoms with Crippen molar-refractivity contribution in [2.45, 2.75) is 23.2 Å². The molecule has 3 atom stereocenters. The summed E-state index contributed by atoms with van der Waals surface area (Å²) in [5, 5.41) is 10.7. The summed E-state index contributed by atoms with van der Waals surface area (Å²) < 4.78 is 63.7. The summed E-state index contributed by atoms with van der Waals surface area (Å²) in [6.45, 7) is -0.0287. The second kappa shape index (κ2) is 12.4. The first-order valence-corrected chi connectivity index (χ1v) is 12.3. The van der Waals surface area contributed by atoms with Gasteiger partial charge in [0.05, 0.1) is 50.5 Å². The highest BCUT2D eigenvalue weighted by atomic mass is 32.2. The zero-order valence-electron chi connectivity index (χ0n) is 20.4. The lowest BCUT2D eigenvalue weighted by Gasteiger charge is -2.24. The van der Waals surface area contributed by atoms with E-state index in [0.717, 1.165) is 29.8 Å². The maximum absolute atomic E-state index is 12.3. The van der Waals surface area contributed by atoms with Crippen LogP contribution in [0.1, 0.15) is 23.3 Å². The Morgan fingerprint density at radius 3 is 2.33 bits per heavy atom. The van der Waals surface area contributed by atoms with Gasteiger partial charge in [0.25, 0.3) is 15.8 Å². The molecule has 12 nitrogen and oxygen atoms in total. The van der Waals surface area contributed by atoms with Crippen molar-refractivity contribution in [3.05, 3.63) is 57.6 Å². The van der Waals surface area contributed by atoms with E-state index in [4.69, 9.17) is 32.6 Å². The molecule has 1 heterocycles. The molecule has 2 aromatic carbocycles. The van der Waals surface area contributed by atoms with Gasteiger partial charge in [-0.1, -0.05) is 0 Å². The zero-order valence-corrected chi connectivity index (χ0v) is 21.2. The van der Waals surface area contributed by atoms with Gasteiger partial charge in [0, 0.05) is 38.0 Å². The van der Waals surface area contributed by atoms with Gasteiger partial charge in [-0.2, -0.15) is 8.42 Å². The normalized spacial score (nSPS) is 19.8. The summed E-state index contributed by atoms with van der Waals surface area (Å²) in [7, 11) is 2.12. The predicted octanol–water partition coefficient (Wildman–Crippen LogP) is 2.81. The third-order valence-electron chi connectivity index (χ3n) is 5.66. The van der Waals surface area contributed by atoms with Gasteiger partial charge in [0.2, 0.25) is 0 Å². The van der Waals surface area contributed by atoms with Gasteiger partial charge in [-0.05, 0) is 23.8 Å². The standard InChI is InChI=1S/C23H29NO11S/c1-29-16-11-18-22(19(12-16)30-2)20(34-14-21(31-3)23(18)32-4)13-33-9-10-35-36(27,28)17-7-5-15(6-8-17)24(25)26/h5-8,11-12,20-21,23H,9-10,13-14H2,1-4H3. The number of non-ortho nitro benzene ring substituents is 1. The van der Waals surface area contributed by atoms with E-state index >= 15 is 0 Å². The molecule has 0 amide bonds. The van der Waals surface area contributed by atoms with Crippen molar-refractivity contribution in [3.63, 3.8) is 0 Å². The van der Waals surface area contributed by atoms with Crippen LogP contribution in [0.4, 0.5) is 5.69 Å². The van der Waals surface area contributed by atoms with Crippen molar-refractivity contribution in [3.8, 4) is 11.5 Å². The first kappa shape index (κ1) is 27.8. The van der Waals surface area contributed by atoms with Crippen LogP contribution in [-0.2, 0) is 33.2 Å². The van der Waals surface area contributed by atoms with Crippen LogP contribution in [0, 0.1) is 10.1 Å². The van der Waals surface area contributed by atoms with E-state index in [9.17, 15) is 18.5 Å². The smallest absolute Gasteiger partial charge is 0.297 e. The second-order valence-electron chi connectivity index (χ2n) is 7.69. The minimum Gasteiger partial charge on any atom is -0.497 e. The quantitative estimate of drug-likeness (QED) is 0.174. The molecular weight excluding hydrogens is 498 g/mol. The number of benzene rings is 2. The monoisotopic (exact) mass is 527 g/mol. The SMILES string of the molecule is COc1cc(OC)c2c(c1)C(OC)C(OC)COC2COCCOS(=O)(=O)c1ccc([N+](=O)[O-])cc1. The van der Waals surface area contributed by atoms with Gasteiger partial charge in [0.15, 0.2) is 0 Å². The van der Waals surface area contributed by atoms with Crippen LogP contribution in [0.5, 0.6) is 11.5 Å². The van der Waals surface area contributed by atoms with E-state index in [-0.39, 0.29) is 37.0 Å². The Bertz CT molecular complexity index is 1140. The fourth-order valence-corrected chi connectivity index (χ4v) is 4.76. The molecule has 1 aliphatic heterocycles. The molecule has 3 rings (SSSR count). The number of ether oxygens (including phenoxy) is 6. The molecule has 1 aliphatic rings. The number of nitro groups is 1. The summed E-state index contributed by atoms with van der Waals surface area (Å²) in [5.74, 6) is 1.10. The van der Waals surface area contributed by atoms with E-state index in [1.54, 1.807) is 27.4 Å². The van der Waals surface area contributed by atoms with Crippen molar-refractivity contribution in [2.24, 2.45) is 0 Å². The molecule has 198 valence electrons. The van der Waals surface area contributed by atoms with Crippen LogP contribution in [0.3, 0.4) is 0 Å². The third kappa shape index (κ3) is 6.30. The molecule has 0 spiro atoms. The van der Waals surface area contributed by atoms with Gasteiger partial charge < -0.3 is 28.4 Å². The lowest BCUT2D eigenvalue weighted by molar-refractivity contribution is -0.384. The van der Waals surface area contributed by atoms with Crippen LogP contribution in [0.15, 0.2) is 41.3 Å². The molecule has 0 aromatic heterocycles. The van der Waals surface area contributed by atoms with Crippen molar-refractivity contribution >= 4 is 15.8 Å². The van der Waals surface area contributed by atoms with Crippen molar-refractivity contribution < 1.29 is 45.9 Å². The minimum atomic E-state index is -4.10. The molecule has 3 unspecified atom stereocenters. The van der Waals surface area contributed by atoms with Crippen LogP contribution in [-0.4, -0.2) is 74.3 Å². The number of hydrogen-bond donors (Lipinski definition) is 0. The Labute approximate surface area is 209 Å². The molecule has 0 saturated carbocycles. The topological polar surface area (TPSA) is 142 Å². The first-order chi connectivity index (χ1) is 17.2. The maximum Gasteiger partial charge on any atom is 0.297 e. The molecular formula is C23H29NO11S. The second-order valence-corrected chi connectivity index (χ2v) is 9.30. The lowest BCUT2D eigenvalue weighted by Crippen LogP contribution is -2.26. The molecule has 0 radical (unpaired) electrons. The van der Waals surface area contributed by atoms with Gasteiger partial charge >= 0.3 is 0 Å². The molecule has 0 saturated heterocycles. The Morgan fingerprint density at radius 2 is 1.75 bits per heavy atom. The number of nitro benzene ring substituents is 1. The molecule has 36 heavy (non-hydrogen) atoms. The highest BCUT2D eigenvalue weighted by Crippen LogP contribution is 2.42.